The first-order valence-electron chi connectivity index (χ1n) is 5.11. The molecule has 0 spiro atoms. The van der Waals surface area contributed by atoms with E-state index < -0.39 is 0 Å². The minimum atomic E-state index is -0.177. The Morgan fingerprint density at radius 1 is 1.36 bits per heavy atom. The molecule has 0 saturated heterocycles. The van der Waals surface area contributed by atoms with E-state index in [0.717, 1.165) is 24.8 Å². The number of methoxy groups -OCH3 is 1. The van der Waals surface area contributed by atoms with Gasteiger partial charge in [0.15, 0.2) is 0 Å². The second-order valence-corrected chi connectivity index (χ2v) is 3.89. The number of ether oxygens (including phenoxy) is 1. The van der Waals surface area contributed by atoms with Crippen LogP contribution in [0, 0.1) is 5.92 Å². The zero-order valence-electron chi connectivity index (χ0n) is 9.17. The zero-order chi connectivity index (χ0) is 10.6. The summed E-state index contributed by atoms with van der Waals surface area (Å²) in [6, 6.07) is 0. The van der Waals surface area contributed by atoms with Crippen LogP contribution in [0.5, 0.6) is 0 Å². The first-order chi connectivity index (χ1) is 6.65. The maximum atomic E-state index is 11.3. The van der Waals surface area contributed by atoms with E-state index in [2.05, 4.69) is 19.9 Å². The van der Waals surface area contributed by atoms with Crippen LogP contribution < -0.4 is 0 Å². The first kappa shape index (κ1) is 11.0. The summed E-state index contributed by atoms with van der Waals surface area (Å²) in [6.45, 7) is 4.38. The number of allylic oxidation sites excluding steroid dienone is 3. The first-order valence-corrected chi connectivity index (χ1v) is 5.11. The van der Waals surface area contributed by atoms with Crippen LogP contribution in [-0.4, -0.2) is 13.1 Å². The monoisotopic (exact) mass is 194 g/mol. The number of esters is 1. The van der Waals surface area contributed by atoms with Gasteiger partial charge in [0.2, 0.25) is 0 Å². The SMILES string of the molecule is COC(=O)C1=CCC=C(C(C)C)CC1. The second-order valence-electron chi connectivity index (χ2n) is 3.89. The van der Waals surface area contributed by atoms with Gasteiger partial charge in [-0.2, -0.15) is 0 Å². The fourth-order valence-corrected chi connectivity index (χ4v) is 1.68. The van der Waals surface area contributed by atoms with Gasteiger partial charge in [0.25, 0.3) is 0 Å². The number of rotatable bonds is 2. The molecule has 0 bridgehead atoms. The van der Waals surface area contributed by atoms with E-state index in [0.29, 0.717) is 5.92 Å². The predicted octanol–water partition coefficient (Wildman–Crippen LogP) is 2.85. The Labute approximate surface area is 85.6 Å². The quantitative estimate of drug-likeness (QED) is 0.499. The van der Waals surface area contributed by atoms with Crippen molar-refractivity contribution < 1.29 is 9.53 Å². The maximum Gasteiger partial charge on any atom is 0.333 e. The highest BCUT2D eigenvalue weighted by Gasteiger charge is 2.13. The molecule has 1 rings (SSSR count). The highest BCUT2D eigenvalue weighted by atomic mass is 16.5. The molecule has 0 amide bonds. The number of carbonyl (C=O) groups is 1. The van der Waals surface area contributed by atoms with E-state index in [1.165, 1.54) is 12.7 Å². The third-order valence-electron chi connectivity index (χ3n) is 2.62. The lowest BCUT2D eigenvalue weighted by molar-refractivity contribution is -0.136. The summed E-state index contributed by atoms with van der Waals surface area (Å²) >= 11 is 0. The highest BCUT2D eigenvalue weighted by molar-refractivity contribution is 5.88. The Bertz CT molecular complexity index is 272. The normalized spacial score (nSPS) is 17.1. The van der Waals surface area contributed by atoms with Gasteiger partial charge in [0.1, 0.15) is 0 Å². The van der Waals surface area contributed by atoms with Crippen LogP contribution in [-0.2, 0) is 9.53 Å². The number of carbonyl (C=O) groups excluding carboxylic acids is 1. The molecule has 0 radical (unpaired) electrons. The van der Waals surface area contributed by atoms with Gasteiger partial charge in [0, 0.05) is 5.57 Å². The van der Waals surface area contributed by atoms with Crippen molar-refractivity contribution in [1.82, 2.24) is 0 Å². The van der Waals surface area contributed by atoms with Crippen molar-refractivity contribution in [1.29, 1.82) is 0 Å². The molecule has 0 unspecified atom stereocenters. The summed E-state index contributed by atoms with van der Waals surface area (Å²) in [7, 11) is 1.44. The Balaban J connectivity index is 2.61. The van der Waals surface area contributed by atoms with Crippen LogP contribution in [0.25, 0.3) is 0 Å². The molecule has 78 valence electrons. The minimum Gasteiger partial charge on any atom is -0.466 e. The van der Waals surface area contributed by atoms with Crippen molar-refractivity contribution in [2.75, 3.05) is 7.11 Å². The van der Waals surface area contributed by atoms with Crippen molar-refractivity contribution in [2.24, 2.45) is 5.92 Å². The number of hydrogen-bond donors (Lipinski definition) is 0. The molecule has 0 aromatic rings. The summed E-state index contributed by atoms with van der Waals surface area (Å²) in [6.07, 6.45) is 6.86. The summed E-state index contributed by atoms with van der Waals surface area (Å²) < 4.78 is 4.71. The Morgan fingerprint density at radius 2 is 2.07 bits per heavy atom. The lowest BCUT2D eigenvalue weighted by Gasteiger charge is -2.09. The van der Waals surface area contributed by atoms with E-state index in [1.54, 1.807) is 0 Å². The summed E-state index contributed by atoms with van der Waals surface area (Å²) in [5.41, 5.74) is 2.26. The molecule has 1 aliphatic rings. The molecule has 1 aliphatic carbocycles. The topological polar surface area (TPSA) is 26.3 Å². The summed E-state index contributed by atoms with van der Waals surface area (Å²) in [5, 5.41) is 0. The van der Waals surface area contributed by atoms with Gasteiger partial charge in [-0.1, -0.05) is 31.6 Å². The minimum absolute atomic E-state index is 0.177. The molecule has 0 aromatic heterocycles. The Morgan fingerprint density at radius 3 is 2.64 bits per heavy atom. The third kappa shape index (κ3) is 2.72. The zero-order valence-corrected chi connectivity index (χ0v) is 9.17. The van der Waals surface area contributed by atoms with E-state index >= 15 is 0 Å². The number of hydrogen-bond acceptors (Lipinski definition) is 2. The molecule has 0 atom stereocenters. The Kier molecular flexibility index (Phi) is 3.93. The van der Waals surface area contributed by atoms with Gasteiger partial charge >= 0.3 is 5.97 Å². The van der Waals surface area contributed by atoms with Gasteiger partial charge in [-0.25, -0.2) is 4.79 Å². The van der Waals surface area contributed by atoms with E-state index in [9.17, 15) is 4.79 Å². The summed E-state index contributed by atoms with van der Waals surface area (Å²) in [5.74, 6) is 0.406. The lowest BCUT2D eigenvalue weighted by Crippen LogP contribution is -2.04. The molecule has 0 saturated carbocycles. The van der Waals surface area contributed by atoms with Gasteiger partial charge in [0.05, 0.1) is 7.11 Å². The molecule has 14 heavy (non-hydrogen) atoms. The molecule has 2 heteroatoms. The molecule has 0 heterocycles. The molecule has 0 aromatic carbocycles. The molecular weight excluding hydrogens is 176 g/mol. The van der Waals surface area contributed by atoms with Crippen LogP contribution in [0.2, 0.25) is 0 Å². The van der Waals surface area contributed by atoms with E-state index in [4.69, 9.17) is 4.74 Å². The van der Waals surface area contributed by atoms with Gasteiger partial charge in [-0.3, -0.25) is 0 Å². The largest absolute Gasteiger partial charge is 0.466 e. The fraction of sp³-hybridized carbons (Fsp3) is 0.583. The van der Waals surface area contributed by atoms with Crippen LogP contribution in [0.3, 0.4) is 0 Å². The van der Waals surface area contributed by atoms with Gasteiger partial charge in [-0.15, -0.1) is 0 Å². The molecular formula is C12H18O2. The van der Waals surface area contributed by atoms with Crippen LogP contribution in [0.15, 0.2) is 23.3 Å². The van der Waals surface area contributed by atoms with Crippen LogP contribution >= 0.6 is 0 Å². The molecule has 2 nitrogen and oxygen atoms in total. The fourth-order valence-electron chi connectivity index (χ4n) is 1.68. The van der Waals surface area contributed by atoms with Crippen molar-refractivity contribution in [3.63, 3.8) is 0 Å². The highest BCUT2D eigenvalue weighted by Crippen LogP contribution is 2.23. The summed E-state index contributed by atoms with van der Waals surface area (Å²) in [4.78, 5) is 11.3. The van der Waals surface area contributed by atoms with Gasteiger partial charge in [-0.05, 0) is 25.2 Å². The van der Waals surface area contributed by atoms with Gasteiger partial charge < -0.3 is 4.74 Å². The average molecular weight is 194 g/mol. The van der Waals surface area contributed by atoms with Crippen molar-refractivity contribution in [2.45, 2.75) is 33.1 Å². The van der Waals surface area contributed by atoms with Crippen molar-refractivity contribution in [3.05, 3.63) is 23.3 Å². The smallest absolute Gasteiger partial charge is 0.333 e. The third-order valence-corrected chi connectivity index (χ3v) is 2.62. The molecule has 0 aliphatic heterocycles. The van der Waals surface area contributed by atoms with Crippen LogP contribution in [0.4, 0.5) is 0 Å². The second kappa shape index (κ2) is 4.99. The maximum absolute atomic E-state index is 11.3. The molecule has 0 fully saturated rings. The van der Waals surface area contributed by atoms with Crippen molar-refractivity contribution >= 4 is 5.97 Å². The Hall–Kier alpha value is -1.05. The van der Waals surface area contributed by atoms with E-state index in [-0.39, 0.29) is 5.97 Å². The average Bonchev–Trinajstić information content (AvgIpc) is 2.41. The predicted molar refractivity (Wildman–Crippen MR) is 56.9 cm³/mol. The lowest BCUT2D eigenvalue weighted by atomic mass is 9.97. The standard InChI is InChI=1S/C12H18O2/c1-9(2)10-5-4-6-11(8-7-10)12(13)14-3/h5-6,9H,4,7-8H2,1-3H3. The van der Waals surface area contributed by atoms with Crippen molar-refractivity contribution in [3.8, 4) is 0 Å². The van der Waals surface area contributed by atoms with E-state index in [1.807, 2.05) is 6.08 Å². The molecule has 0 N–H and O–H groups in total. The van der Waals surface area contributed by atoms with Crippen LogP contribution in [0.1, 0.15) is 33.1 Å².